The molecule has 0 saturated carbocycles. The van der Waals surface area contributed by atoms with Crippen molar-refractivity contribution in [2.45, 2.75) is 72.1 Å². The lowest BCUT2D eigenvalue weighted by Gasteiger charge is -2.23. The van der Waals surface area contributed by atoms with Crippen molar-refractivity contribution >= 4 is 57.3 Å². The van der Waals surface area contributed by atoms with E-state index in [4.69, 9.17) is 4.99 Å². The van der Waals surface area contributed by atoms with Gasteiger partial charge in [-0.1, -0.05) is 193 Å². The molecular weight excluding hydrogens is 861 g/mol. The smallest absolute Gasteiger partial charge is 0.0676 e. The van der Waals surface area contributed by atoms with E-state index in [9.17, 15) is 5.41 Å². The number of allylic oxidation sites excluding steroid dienone is 7. The summed E-state index contributed by atoms with van der Waals surface area (Å²) in [6, 6.07) is 52.9. The molecule has 2 aromatic heterocycles. The first-order chi connectivity index (χ1) is 34.4. The number of aliphatic imine (C=N–C) groups is 1. The van der Waals surface area contributed by atoms with E-state index in [1.165, 1.54) is 60.6 Å². The van der Waals surface area contributed by atoms with Gasteiger partial charge in [0.2, 0.25) is 0 Å². The molecule has 10 rings (SSSR count). The monoisotopic (exact) mass is 925 g/mol. The summed E-state index contributed by atoms with van der Waals surface area (Å²) in [7, 11) is 4.40. The molecule has 4 nitrogen and oxygen atoms in total. The molecule has 71 heavy (non-hydrogen) atoms. The SMILES string of the molecule is CC1=C/c2c3ccccc3c(n2C)-c2ccc(C(C)C)cc2C(C)/C(=C\c2ccccc2)C2=N/C(=C\c3c4ccccc4c(n3C)-c3ccc(C(C)C)cc3C(C)/C(=C\c3ccccc3)C(=N)/C=C\1)C=C2. The van der Waals surface area contributed by atoms with Crippen LogP contribution >= 0.6 is 0 Å². The molecule has 2 aliphatic rings. The Morgan fingerprint density at radius 3 is 1.46 bits per heavy atom. The highest BCUT2D eigenvalue weighted by Crippen LogP contribution is 2.44. The van der Waals surface area contributed by atoms with Crippen LogP contribution in [-0.2, 0) is 14.1 Å². The minimum absolute atomic E-state index is 0.0218. The highest BCUT2D eigenvalue weighted by molar-refractivity contribution is 6.15. The number of benzene rings is 6. The number of hydrogen-bond donors (Lipinski definition) is 1. The zero-order chi connectivity index (χ0) is 49.5. The van der Waals surface area contributed by atoms with Crippen molar-refractivity contribution in [2.24, 2.45) is 19.1 Å². The van der Waals surface area contributed by atoms with E-state index in [2.05, 4.69) is 260 Å². The topological polar surface area (TPSA) is 46.1 Å². The van der Waals surface area contributed by atoms with Gasteiger partial charge in [-0.3, -0.25) is 0 Å². The van der Waals surface area contributed by atoms with Crippen LogP contribution in [0, 0.1) is 5.41 Å². The lowest BCUT2D eigenvalue weighted by Crippen LogP contribution is -2.10. The Bertz CT molecular complexity index is 3590. The van der Waals surface area contributed by atoms with E-state index in [1.807, 2.05) is 6.08 Å². The highest BCUT2D eigenvalue weighted by Gasteiger charge is 2.27. The van der Waals surface area contributed by atoms with Crippen molar-refractivity contribution in [3.63, 3.8) is 0 Å². The summed E-state index contributed by atoms with van der Waals surface area (Å²) in [4.78, 5) is 5.52. The number of rotatable bonds is 4. The third-order valence-corrected chi connectivity index (χ3v) is 14.8. The van der Waals surface area contributed by atoms with Crippen LogP contribution in [0.15, 0.2) is 197 Å². The van der Waals surface area contributed by atoms with Gasteiger partial charge < -0.3 is 14.5 Å². The fourth-order valence-electron chi connectivity index (χ4n) is 10.8. The van der Waals surface area contributed by atoms with Crippen molar-refractivity contribution in [1.82, 2.24) is 9.13 Å². The largest absolute Gasteiger partial charge is 0.343 e. The second-order valence-corrected chi connectivity index (χ2v) is 20.2. The minimum atomic E-state index is -0.125. The Kier molecular flexibility index (Phi) is 12.9. The summed E-state index contributed by atoms with van der Waals surface area (Å²) in [5, 5.41) is 14.7. The summed E-state index contributed by atoms with van der Waals surface area (Å²) in [5.74, 6) is 0.531. The van der Waals surface area contributed by atoms with Crippen molar-refractivity contribution < 1.29 is 0 Å². The molecule has 4 heteroatoms. The molecule has 0 amide bonds. The molecule has 4 heterocycles. The zero-order valence-electron chi connectivity index (χ0n) is 42.6. The van der Waals surface area contributed by atoms with Crippen LogP contribution in [0.25, 0.3) is 68.4 Å². The molecule has 1 N–H and O–H groups in total. The molecule has 8 aromatic rings. The van der Waals surface area contributed by atoms with E-state index < -0.39 is 0 Å². The predicted molar refractivity (Wildman–Crippen MR) is 306 cm³/mol. The van der Waals surface area contributed by atoms with Crippen LogP contribution in [-0.4, -0.2) is 20.6 Å². The van der Waals surface area contributed by atoms with Gasteiger partial charge in [-0.05, 0) is 111 Å². The van der Waals surface area contributed by atoms with Crippen molar-refractivity contribution in [3.05, 3.63) is 237 Å². The van der Waals surface area contributed by atoms with E-state index >= 15 is 0 Å². The number of nitrogens with zero attached hydrogens (tertiary/aromatic N) is 3. The van der Waals surface area contributed by atoms with Gasteiger partial charge in [0.25, 0.3) is 0 Å². The average molecular weight is 925 g/mol. The van der Waals surface area contributed by atoms with E-state index in [1.54, 1.807) is 0 Å². The summed E-state index contributed by atoms with van der Waals surface area (Å²) < 4.78 is 4.74. The van der Waals surface area contributed by atoms with Gasteiger partial charge in [0.05, 0.1) is 34.2 Å². The standard InChI is InChI=1S/C67H64N4/c1-42(2)49-29-32-56-58(39-49)45(6)60(37-47-20-12-10-13-21-47)62(68)34-28-44(5)36-64-52-24-16-18-26-54(52)66(70(64)8)57-33-30-50(43(3)4)40-59(57)46(7)61(38-48-22-14-11-15-23-48)63-35-31-51(69-63)41-65-53-25-17-19-27-55(53)67(56)71(65)9/h10-43,45-46,68H,1-9H3/b34-28-,44-36-,51-41-,60-37+,61-38+,68-62?. The van der Waals surface area contributed by atoms with Crippen molar-refractivity contribution in [2.75, 3.05) is 0 Å². The van der Waals surface area contributed by atoms with Gasteiger partial charge in [-0.15, -0.1) is 0 Å². The van der Waals surface area contributed by atoms with Crippen LogP contribution in [0.4, 0.5) is 0 Å². The highest BCUT2D eigenvalue weighted by atomic mass is 15.0. The van der Waals surface area contributed by atoms with E-state index in [0.717, 1.165) is 56.3 Å². The van der Waals surface area contributed by atoms with Gasteiger partial charge in [0.1, 0.15) is 0 Å². The third kappa shape index (κ3) is 9.00. The molecule has 352 valence electrons. The Labute approximate surface area is 420 Å². The predicted octanol–water partition coefficient (Wildman–Crippen LogP) is 17.7. The molecule has 6 aromatic carbocycles. The quantitative estimate of drug-likeness (QED) is 0.183. The first-order valence-corrected chi connectivity index (χ1v) is 25.3. The van der Waals surface area contributed by atoms with Crippen LogP contribution in [0.3, 0.4) is 0 Å². The molecule has 0 aliphatic carbocycles. The van der Waals surface area contributed by atoms with Crippen LogP contribution in [0.1, 0.15) is 117 Å². The van der Waals surface area contributed by atoms with Crippen molar-refractivity contribution in [3.8, 4) is 22.5 Å². The minimum Gasteiger partial charge on any atom is -0.343 e. The molecule has 2 aliphatic heterocycles. The third-order valence-electron chi connectivity index (χ3n) is 14.8. The maximum atomic E-state index is 9.93. The Balaban J connectivity index is 1.27. The van der Waals surface area contributed by atoms with Gasteiger partial charge in [-0.25, -0.2) is 4.99 Å². The van der Waals surface area contributed by atoms with Crippen LogP contribution < -0.4 is 0 Å². The number of hydrogen-bond acceptors (Lipinski definition) is 2. The Hall–Kier alpha value is -7.82. The molecular formula is C67H64N4. The van der Waals surface area contributed by atoms with Crippen LogP contribution in [0.2, 0.25) is 0 Å². The molecule has 6 bridgehead atoms. The lowest BCUT2D eigenvalue weighted by molar-refractivity contribution is 0.851. The van der Waals surface area contributed by atoms with Crippen LogP contribution in [0.5, 0.6) is 0 Å². The molecule has 2 atom stereocenters. The van der Waals surface area contributed by atoms with E-state index in [0.29, 0.717) is 17.5 Å². The summed E-state index contributed by atoms with van der Waals surface area (Å²) in [5.41, 5.74) is 19.7. The maximum Gasteiger partial charge on any atom is 0.0676 e. The van der Waals surface area contributed by atoms with E-state index in [-0.39, 0.29) is 11.8 Å². The van der Waals surface area contributed by atoms with Crippen molar-refractivity contribution in [1.29, 1.82) is 5.41 Å². The van der Waals surface area contributed by atoms with Gasteiger partial charge in [0, 0.05) is 64.3 Å². The lowest BCUT2D eigenvalue weighted by atomic mass is 9.82. The second-order valence-electron chi connectivity index (χ2n) is 20.2. The molecule has 0 radical (unpaired) electrons. The maximum absolute atomic E-state index is 9.93. The Morgan fingerprint density at radius 2 is 0.958 bits per heavy atom. The summed E-state index contributed by atoms with van der Waals surface area (Å²) >= 11 is 0. The molecule has 0 saturated heterocycles. The zero-order valence-corrected chi connectivity index (χ0v) is 42.6. The normalized spacial score (nSPS) is 19.5. The molecule has 2 unspecified atom stereocenters. The fourth-order valence-corrected chi connectivity index (χ4v) is 10.8. The van der Waals surface area contributed by atoms with Gasteiger partial charge in [0.15, 0.2) is 0 Å². The summed E-state index contributed by atoms with van der Waals surface area (Å²) in [6.07, 6.45) is 17.6. The summed E-state index contributed by atoms with van der Waals surface area (Å²) in [6.45, 7) is 15.9. The second kappa shape index (κ2) is 19.5. The Morgan fingerprint density at radius 1 is 0.507 bits per heavy atom. The van der Waals surface area contributed by atoms with Gasteiger partial charge >= 0.3 is 0 Å². The number of aromatic nitrogens is 2. The number of nitrogens with one attached hydrogen (secondary N) is 1. The first kappa shape index (κ1) is 46.9. The average Bonchev–Trinajstić information content (AvgIpc) is 4.05. The molecule has 0 fully saturated rings. The fraction of sp³-hybridized carbons (Fsp3) is 0.194. The van der Waals surface area contributed by atoms with Gasteiger partial charge in [-0.2, -0.15) is 0 Å². The first-order valence-electron chi connectivity index (χ1n) is 25.3. The number of fused-ring (bicyclic) bond motifs is 15. The molecule has 0 spiro atoms.